The van der Waals surface area contributed by atoms with Crippen LogP contribution in [0.5, 0.6) is 11.5 Å². The first kappa shape index (κ1) is 30.6. The topological polar surface area (TPSA) is 135 Å². The molecule has 0 atom stereocenters. The molecule has 43 heavy (non-hydrogen) atoms. The van der Waals surface area contributed by atoms with Crippen molar-refractivity contribution in [2.45, 2.75) is 32.9 Å². The number of rotatable bonds is 8. The van der Waals surface area contributed by atoms with Crippen LogP contribution in [0.2, 0.25) is 0 Å². The number of carbonyl (C=O) groups excluding carboxylic acids is 3. The van der Waals surface area contributed by atoms with Gasteiger partial charge < -0.3 is 23.3 Å². The molecule has 12 heteroatoms. The van der Waals surface area contributed by atoms with E-state index in [0.29, 0.717) is 46.5 Å². The minimum absolute atomic E-state index is 0.0112. The number of ketones is 1. The minimum Gasteiger partial charge on any atom is -0.497 e. The lowest BCUT2D eigenvalue weighted by Gasteiger charge is -2.16. The highest BCUT2D eigenvalue weighted by Gasteiger charge is 2.28. The van der Waals surface area contributed by atoms with E-state index >= 15 is 0 Å². The fourth-order valence-electron chi connectivity index (χ4n) is 4.48. The average molecular weight is 590 g/mol. The summed E-state index contributed by atoms with van der Waals surface area (Å²) in [6.45, 7) is 5.76. The Morgan fingerprint density at radius 1 is 0.814 bits per heavy atom. The molecular weight excluding hydrogens is 558 g/mol. The predicted molar refractivity (Wildman–Crippen MR) is 158 cm³/mol. The largest absolute Gasteiger partial charge is 0.533 e. The first-order chi connectivity index (χ1) is 20.6. The lowest BCUT2D eigenvalue weighted by molar-refractivity contribution is -0.157. The molecule has 1 aliphatic rings. The van der Waals surface area contributed by atoms with E-state index in [1.165, 1.54) is 26.2 Å². The molecule has 1 amide bonds. The van der Waals surface area contributed by atoms with Gasteiger partial charge in [0.2, 0.25) is 0 Å². The third-order valence-electron chi connectivity index (χ3n) is 6.62. The highest BCUT2D eigenvalue weighted by atomic mass is 16.8. The second-order valence-electron chi connectivity index (χ2n) is 9.59. The zero-order valence-corrected chi connectivity index (χ0v) is 24.0. The molecule has 5 rings (SSSR count). The quantitative estimate of drug-likeness (QED) is 0.281. The molecular formula is C31H31N3O9. The Bertz CT molecular complexity index is 1810. The van der Waals surface area contributed by atoms with Crippen molar-refractivity contribution >= 4 is 39.7 Å². The molecule has 0 aliphatic carbocycles. The van der Waals surface area contributed by atoms with Crippen molar-refractivity contribution in [3.05, 3.63) is 93.6 Å². The number of fused-ring (bicyclic) bond motifs is 2. The van der Waals surface area contributed by atoms with E-state index in [4.69, 9.17) is 19.0 Å². The number of carbonyl (C=O) groups is 3. The average Bonchev–Trinajstić information content (AvgIpc) is 3.31. The lowest BCUT2D eigenvalue weighted by Crippen LogP contribution is -2.28. The predicted octanol–water partition coefficient (Wildman–Crippen LogP) is 3.81. The molecule has 1 fully saturated rings. The zero-order valence-electron chi connectivity index (χ0n) is 24.0. The maximum absolute atomic E-state index is 12.0. The Balaban J connectivity index is 0.000000215. The number of nitrogens with zero attached hydrogens (tertiary/aromatic N) is 3. The Morgan fingerprint density at radius 3 is 1.88 bits per heavy atom. The van der Waals surface area contributed by atoms with Crippen LogP contribution in [0.1, 0.15) is 19.8 Å². The molecule has 12 nitrogen and oxygen atoms in total. The fourth-order valence-corrected chi connectivity index (χ4v) is 4.48. The summed E-state index contributed by atoms with van der Waals surface area (Å²) in [5.74, 6) is 0.941. The number of aromatic nitrogens is 2. The molecule has 224 valence electrons. The van der Waals surface area contributed by atoms with Crippen molar-refractivity contribution in [1.82, 2.24) is 14.2 Å². The van der Waals surface area contributed by atoms with Crippen LogP contribution in [-0.2, 0) is 32.3 Å². The van der Waals surface area contributed by atoms with Gasteiger partial charge in [0, 0.05) is 41.7 Å². The van der Waals surface area contributed by atoms with Crippen LogP contribution in [0, 0.1) is 0 Å². The Kier molecular flexibility index (Phi) is 9.61. The van der Waals surface area contributed by atoms with Crippen molar-refractivity contribution in [1.29, 1.82) is 0 Å². The van der Waals surface area contributed by atoms with E-state index in [0.717, 1.165) is 10.6 Å². The highest BCUT2D eigenvalue weighted by Crippen LogP contribution is 2.21. The molecule has 0 unspecified atom stereocenters. The van der Waals surface area contributed by atoms with Gasteiger partial charge in [0.1, 0.15) is 23.9 Å². The van der Waals surface area contributed by atoms with Gasteiger partial charge in [-0.05, 0) is 49.7 Å². The van der Waals surface area contributed by atoms with Gasteiger partial charge in [-0.3, -0.25) is 24.0 Å². The smallest absolute Gasteiger partial charge is 0.497 e. The summed E-state index contributed by atoms with van der Waals surface area (Å²) in [6.07, 6.45) is 3.00. The Morgan fingerprint density at radius 2 is 1.37 bits per heavy atom. The van der Waals surface area contributed by atoms with E-state index in [-0.39, 0.29) is 42.1 Å². The summed E-state index contributed by atoms with van der Waals surface area (Å²) in [4.78, 5) is 63.0. The van der Waals surface area contributed by atoms with Gasteiger partial charge in [-0.1, -0.05) is 6.58 Å². The van der Waals surface area contributed by atoms with Gasteiger partial charge >= 0.3 is 6.16 Å². The molecule has 1 saturated heterocycles. The van der Waals surface area contributed by atoms with Crippen LogP contribution in [0.25, 0.3) is 21.8 Å². The number of ether oxygens (including phenoxy) is 3. The van der Waals surface area contributed by atoms with E-state index in [9.17, 15) is 24.0 Å². The standard InChI is InChI=1S/C18H18N2O6.C13H13NO3/c1-12-3-6-17(22)20(12)26-18(23)25-10-9-19-8-7-16(21)14-11-13(24-2)4-5-15(14)19;1-9(15)8-14-6-5-13(16)11-7-10(17-2)3-4-12(11)14/h4-5,7-8,11H,1,3,6,9-10H2,2H3;3-7H,8H2,1-2H3. The molecule has 0 radical (unpaired) electrons. The van der Waals surface area contributed by atoms with Gasteiger partial charge in [0.05, 0.1) is 44.0 Å². The van der Waals surface area contributed by atoms with Crippen LogP contribution < -0.4 is 20.3 Å². The first-order valence-electron chi connectivity index (χ1n) is 13.3. The summed E-state index contributed by atoms with van der Waals surface area (Å²) in [6, 6.07) is 13.3. The molecule has 4 aromatic rings. The van der Waals surface area contributed by atoms with Crippen LogP contribution in [0.4, 0.5) is 4.79 Å². The first-order valence-corrected chi connectivity index (χ1v) is 13.3. The van der Waals surface area contributed by atoms with Crippen molar-refractivity contribution in [3.8, 4) is 11.5 Å². The van der Waals surface area contributed by atoms with E-state index in [1.807, 2.05) is 0 Å². The molecule has 0 spiro atoms. The molecule has 1 aliphatic heterocycles. The second kappa shape index (κ2) is 13.5. The van der Waals surface area contributed by atoms with E-state index < -0.39 is 6.16 Å². The molecule has 0 bridgehead atoms. The lowest BCUT2D eigenvalue weighted by atomic mass is 10.2. The van der Waals surface area contributed by atoms with Gasteiger partial charge in [-0.25, -0.2) is 4.79 Å². The third-order valence-corrected chi connectivity index (χ3v) is 6.62. The summed E-state index contributed by atoms with van der Waals surface area (Å²) in [5, 5.41) is 1.94. The van der Waals surface area contributed by atoms with Crippen LogP contribution in [0.3, 0.4) is 0 Å². The molecule has 2 aromatic carbocycles. The Hall–Kier alpha value is -5.39. The summed E-state index contributed by atoms with van der Waals surface area (Å²) in [7, 11) is 3.08. The monoisotopic (exact) mass is 589 g/mol. The number of pyridine rings is 2. The molecule has 0 N–H and O–H groups in total. The number of hydrogen-bond donors (Lipinski definition) is 0. The number of hydroxylamine groups is 2. The number of benzene rings is 2. The highest BCUT2D eigenvalue weighted by molar-refractivity contribution is 5.83. The number of allylic oxidation sites excluding steroid dienone is 1. The zero-order chi connectivity index (χ0) is 31.1. The summed E-state index contributed by atoms with van der Waals surface area (Å²) >= 11 is 0. The number of methoxy groups -OCH3 is 2. The van der Waals surface area contributed by atoms with Crippen molar-refractivity contribution < 1.29 is 33.4 Å². The summed E-state index contributed by atoms with van der Waals surface area (Å²) in [5.41, 5.74) is 1.67. The Labute approximate surface area is 246 Å². The van der Waals surface area contributed by atoms with Gasteiger partial charge in [-0.2, -0.15) is 0 Å². The van der Waals surface area contributed by atoms with Crippen molar-refractivity contribution in [3.63, 3.8) is 0 Å². The molecule has 2 aromatic heterocycles. The number of Topliss-reactive ketones (excluding diaryl/α,β-unsaturated/α-hetero) is 1. The van der Waals surface area contributed by atoms with Gasteiger partial charge in [-0.15, -0.1) is 5.06 Å². The fraction of sp³-hybridized carbons (Fsp3) is 0.258. The van der Waals surface area contributed by atoms with Gasteiger partial charge in [0.15, 0.2) is 10.9 Å². The third kappa shape index (κ3) is 7.28. The summed E-state index contributed by atoms with van der Waals surface area (Å²) < 4.78 is 18.8. The maximum atomic E-state index is 12.0. The van der Waals surface area contributed by atoms with Crippen LogP contribution in [-0.4, -0.2) is 52.9 Å². The number of amides is 1. The molecule has 3 heterocycles. The number of hydrogen-bond acceptors (Lipinski definition) is 9. The SMILES string of the molecule is C=C1CCC(=O)N1OC(=O)OCCn1ccc(=O)c2cc(OC)ccc21.COc1ccc2c(c1)c(=O)ccn2CC(C)=O. The van der Waals surface area contributed by atoms with Crippen LogP contribution in [0.15, 0.2) is 82.8 Å². The minimum atomic E-state index is -0.978. The van der Waals surface area contributed by atoms with Crippen molar-refractivity contribution in [2.24, 2.45) is 0 Å². The van der Waals surface area contributed by atoms with Gasteiger partial charge in [0.25, 0.3) is 5.91 Å². The van der Waals surface area contributed by atoms with Crippen LogP contribution >= 0.6 is 0 Å². The normalized spacial score (nSPS) is 12.6. The van der Waals surface area contributed by atoms with E-state index in [2.05, 4.69) is 6.58 Å². The van der Waals surface area contributed by atoms with Crippen molar-refractivity contribution in [2.75, 3.05) is 20.8 Å². The van der Waals surface area contributed by atoms with E-state index in [1.54, 1.807) is 65.0 Å². The molecule has 0 saturated carbocycles. The second-order valence-corrected chi connectivity index (χ2v) is 9.59. The maximum Gasteiger partial charge on any atom is 0.533 e.